The first-order valence-electron chi connectivity index (χ1n) is 14.8. The molecule has 0 aromatic rings. The highest BCUT2D eigenvalue weighted by molar-refractivity contribution is 5.78. The van der Waals surface area contributed by atoms with Crippen molar-refractivity contribution in [2.75, 3.05) is 27.2 Å². The lowest BCUT2D eigenvalue weighted by Gasteiger charge is -2.44. The molecule has 0 saturated carbocycles. The number of cyclic esters (lactones) is 1. The van der Waals surface area contributed by atoms with Gasteiger partial charge in [0, 0.05) is 5.92 Å². The van der Waals surface area contributed by atoms with Gasteiger partial charge in [-0.15, -0.1) is 0 Å². The van der Waals surface area contributed by atoms with E-state index < -0.39 is 35.9 Å². The molecule has 0 aromatic carbocycles. The number of carbonyl (C=O) groups is 2. The fraction of sp³-hybridized carbons (Fsp3) is 0.933. The molecule has 9 nitrogen and oxygen atoms in total. The molecule has 0 radical (unpaired) electrons. The monoisotopic (exact) mass is 558 g/mol. The van der Waals surface area contributed by atoms with Crippen molar-refractivity contribution in [3.8, 4) is 0 Å². The maximum absolute atomic E-state index is 13.2. The van der Waals surface area contributed by atoms with E-state index in [4.69, 9.17) is 14.2 Å². The molecule has 3 N–H and O–H groups in total. The van der Waals surface area contributed by atoms with E-state index in [1.165, 1.54) is 6.92 Å². The zero-order valence-electron chi connectivity index (χ0n) is 26.5. The minimum atomic E-state index is -1.71. The lowest BCUT2D eigenvalue weighted by Crippen LogP contribution is -2.55. The van der Waals surface area contributed by atoms with Crippen LogP contribution < -0.4 is 5.32 Å². The Morgan fingerprint density at radius 2 is 1.74 bits per heavy atom. The Balaban J connectivity index is 3.35. The second kappa shape index (κ2) is 15.7. The van der Waals surface area contributed by atoms with Gasteiger partial charge in [-0.1, -0.05) is 41.0 Å². The van der Waals surface area contributed by atoms with Crippen LogP contribution in [0, 0.1) is 23.2 Å². The molecule has 0 spiro atoms. The van der Waals surface area contributed by atoms with Gasteiger partial charge >= 0.3 is 5.97 Å². The van der Waals surface area contributed by atoms with E-state index in [0.29, 0.717) is 12.8 Å². The highest BCUT2D eigenvalue weighted by Crippen LogP contribution is 2.42. The quantitative estimate of drug-likeness (QED) is 0.289. The SMILES string of the molecule is CCC[C@]1(C)C[C@@H](C)C(=O)NC(C)C(O)[C@](C)(O)COC(=O)C(C)C[C@H](C)[C@H]1OC(C)OC(C)CCN(C)C. The van der Waals surface area contributed by atoms with Crippen LogP contribution in [0.1, 0.15) is 94.4 Å². The summed E-state index contributed by atoms with van der Waals surface area (Å²) in [5.74, 6) is -1.49. The van der Waals surface area contributed by atoms with Crippen LogP contribution in [0.3, 0.4) is 0 Å². The third-order valence-electron chi connectivity index (χ3n) is 8.11. The van der Waals surface area contributed by atoms with Gasteiger partial charge in [-0.05, 0) is 85.4 Å². The van der Waals surface area contributed by atoms with Crippen molar-refractivity contribution in [2.24, 2.45) is 23.2 Å². The summed E-state index contributed by atoms with van der Waals surface area (Å²) in [6.45, 7) is 17.6. The van der Waals surface area contributed by atoms with Crippen molar-refractivity contribution < 1.29 is 34.0 Å². The van der Waals surface area contributed by atoms with Gasteiger partial charge in [0.25, 0.3) is 0 Å². The highest BCUT2D eigenvalue weighted by atomic mass is 16.7. The maximum Gasteiger partial charge on any atom is 0.308 e. The Morgan fingerprint density at radius 1 is 1.13 bits per heavy atom. The first kappa shape index (κ1) is 35.8. The molecule has 230 valence electrons. The standard InChI is InChI=1S/C30H58N2O7/c1-12-14-29(8)17-21(4)27(34)31-23(6)25(33)30(9,36)18-37-28(35)20(3)16-19(2)26(29)39-24(7)38-22(5)13-15-32(10)11/h19-26,33,36H,12-18H2,1-11H3,(H,31,34)/t19-,20?,21+,22?,23?,24?,25?,26+,29+,30+/m0/s1. The highest BCUT2D eigenvalue weighted by Gasteiger charge is 2.43. The Kier molecular flexibility index (Phi) is 14.4. The van der Waals surface area contributed by atoms with Gasteiger partial charge in [-0.2, -0.15) is 0 Å². The van der Waals surface area contributed by atoms with Gasteiger partial charge in [0.2, 0.25) is 5.91 Å². The van der Waals surface area contributed by atoms with Gasteiger partial charge in [-0.3, -0.25) is 9.59 Å². The summed E-state index contributed by atoms with van der Waals surface area (Å²) in [6.07, 6.45) is 1.62. The molecule has 10 atom stereocenters. The number of carbonyl (C=O) groups excluding carboxylic acids is 2. The molecule has 1 aliphatic heterocycles. The van der Waals surface area contributed by atoms with E-state index in [9.17, 15) is 19.8 Å². The summed E-state index contributed by atoms with van der Waals surface area (Å²) in [7, 11) is 4.07. The molecule has 0 aliphatic carbocycles. The number of hydrogen-bond donors (Lipinski definition) is 3. The van der Waals surface area contributed by atoms with Crippen LogP contribution in [-0.2, 0) is 23.8 Å². The molecule has 0 aromatic heterocycles. The average Bonchev–Trinajstić information content (AvgIpc) is 2.83. The van der Waals surface area contributed by atoms with Crippen molar-refractivity contribution in [2.45, 2.75) is 131 Å². The Morgan fingerprint density at radius 3 is 2.31 bits per heavy atom. The smallest absolute Gasteiger partial charge is 0.308 e. The normalized spacial score (nSPS) is 37.4. The summed E-state index contributed by atoms with van der Waals surface area (Å²) in [5.41, 5.74) is -2.10. The number of amides is 1. The summed E-state index contributed by atoms with van der Waals surface area (Å²) < 4.78 is 18.3. The van der Waals surface area contributed by atoms with Gasteiger partial charge in [0.15, 0.2) is 6.29 Å². The topological polar surface area (TPSA) is 118 Å². The van der Waals surface area contributed by atoms with Gasteiger partial charge < -0.3 is 34.6 Å². The van der Waals surface area contributed by atoms with Crippen LogP contribution in [0.15, 0.2) is 0 Å². The molecule has 0 bridgehead atoms. The molecular weight excluding hydrogens is 500 g/mol. The Bertz CT molecular complexity index is 762. The lowest BCUT2D eigenvalue weighted by atomic mass is 9.68. The third-order valence-corrected chi connectivity index (χ3v) is 8.11. The summed E-state index contributed by atoms with van der Waals surface area (Å²) >= 11 is 0. The number of nitrogens with zero attached hydrogens (tertiary/aromatic N) is 1. The molecule has 1 rings (SSSR count). The second-order valence-electron chi connectivity index (χ2n) is 13.0. The number of ether oxygens (including phenoxy) is 3. The molecule has 1 fully saturated rings. The van der Waals surface area contributed by atoms with Crippen molar-refractivity contribution in [3.63, 3.8) is 0 Å². The van der Waals surface area contributed by atoms with Crippen LogP contribution in [0.2, 0.25) is 0 Å². The predicted octanol–water partition coefficient (Wildman–Crippen LogP) is 3.74. The fourth-order valence-electron chi connectivity index (χ4n) is 5.99. The summed E-state index contributed by atoms with van der Waals surface area (Å²) in [6, 6.07) is -0.739. The molecule has 1 amide bonds. The van der Waals surface area contributed by atoms with Crippen molar-refractivity contribution in [1.82, 2.24) is 10.2 Å². The first-order valence-corrected chi connectivity index (χ1v) is 14.8. The third kappa shape index (κ3) is 11.3. The molecule has 1 aliphatic rings. The van der Waals surface area contributed by atoms with Gasteiger partial charge in [0.05, 0.1) is 24.2 Å². The molecule has 5 unspecified atom stereocenters. The van der Waals surface area contributed by atoms with E-state index >= 15 is 0 Å². The van der Waals surface area contributed by atoms with E-state index in [1.54, 1.807) is 6.92 Å². The number of rotatable bonds is 9. The number of aliphatic hydroxyl groups excluding tert-OH is 1. The number of esters is 1. The molecule has 1 saturated heterocycles. The number of nitrogens with one attached hydrogen (secondary N) is 1. The minimum absolute atomic E-state index is 0.0108. The van der Waals surface area contributed by atoms with Crippen molar-refractivity contribution in [3.05, 3.63) is 0 Å². The van der Waals surface area contributed by atoms with Gasteiger partial charge in [-0.25, -0.2) is 0 Å². The Hall–Kier alpha value is -1.26. The molecular formula is C30H58N2O7. The van der Waals surface area contributed by atoms with E-state index in [1.807, 2.05) is 41.8 Å². The van der Waals surface area contributed by atoms with E-state index in [-0.39, 0.29) is 42.0 Å². The fourth-order valence-corrected chi connectivity index (χ4v) is 5.99. The van der Waals surface area contributed by atoms with E-state index in [2.05, 4.69) is 31.0 Å². The number of aliphatic hydroxyl groups is 2. The van der Waals surface area contributed by atoms with Crippen LogP contribution in [0.5, 0.6) is 0 Å². The lowest BCUT2D eigenvalue weighted by molar-refractivity contribution is -0.221. The first-order chi connectivity index (χ1) is 17.9. The van der Waals surface area contributed by atoms with Crippen LogP contribution in [0.25, 0.3) is 0 Å². The van der Waals surface area contributed by atoms with Crippen molar-refractivity contribution in [1.29, 1.82) is 0 Å². The Labute approximate surface area is 237 Å². The molecule has 39 heavy (non-hydrogen) atoms. The second-order valence-corrected chi connectivity index (χ2v) is 13.0. The average molecular weight is 559 g/mol. The van der Waals surface area contributed by atoms with Gasteiger partial charge in [0.1, 0.15) is 18.3 Å². The molecule has 1 heterocycles. The van der Waals surface area contributed by atoms with Crippen LogP contribution in [0.4, 0.5) is 0 Å². The summed E-state index contributed by atoms with van der Waals surface area (Å²) in [5, 5.41) is 24.4. The largest absolute Gasteiger partial charge is 0.462 e. The molecule has 9 heteroatoms. The van der Waals surface area contributed by atoms with E-state index in [0.717, 1.165) is 25.8 Å². The summed E-state index contributed by atoms with van der Waals surface area (Å²) in [4.78, 5) is 28.3. The number of hydrogen-bond acceptors (Lipinski definition) is 8. The zero-order chi connectivity index (χ0) is 30.1. The zero-order valence-corrected chi connectivity index (χ0v) is 26.5. The van der Waals surface area contributed by atoms with Crippen LogP contribution >= 0.6 is 0 Å². The maximum atomic E-state index is 13.2. The minimum Gasteiger partial charge on any atom is -0.462 e. The van der Waals surface area contributed by atoms with Crippen LogP contribution in [-0.4, -0.2) is 90.5 Å². The predicted molar refractivity (Wildman–Crippen MR) is 153 cm³/mol. The van der Waals surface area contributed by atoms with Crippen molar-refractivity contribution >= 4 is 11.9 Å².